The van der Waals surface area contributed by atoms with E-state index in [0.717, 1.165) is 12.3 Å². The zero-order valence-electron chi connectivity index (χ0n) is 8.75. The number of hydrogen-bond donors (Lipinski definition) is 1. The second kappa shape index (κ2) is 10.1. The van der Waals surface area contributed by atoms with Crippen LogP contribution < -0.4 is 0 Å². The van der Waals surface area contributed by atoms with Crippen molar-refractivity contribution in [2.45, 2.75) is 33.1 Å². The lowest BCUT2D eigenvalue weighted by Gasteiger charge is -1.99. The van der Waals surface area contributed by atoms with Crippen molar-refractivity contribution in [3.05, 3.63) is 0 Å². The van der Waals surface area contributed by atoms with Crippen LogP contribution in [-0.4, -0.2) is 35.5 Å². The highest BCUT2D eigenvalue weighted by Crippen LogP contribution is 2.05. The molecule has 0 bridgehead atoms. The number of aliphatic hydroxyl groups is 1. The summed E-state index contributed by atoms with van der Waals surface area (Å²) in [5.41, 5.74) is 1.18. The minimum atomic E-state index is 0.310. The third-order valence-corrected chi connectivity index (χ3v) is 2.66. The summed E-state index contributed by atoms with van der Waals surface area (Å²) in [6.45, 7) is 5.37. The minimum absolute atomic E-state index is 0.310. The van der Waals surface area contributed by atoms with E-state index >= 15 is 0 Å². The normalized spacial score (nSPS) is 10.1. The smallest absolute Gasteiger partial charge is 0.0521 e. The maximum atomic E-state index is 8.53. The van der Waals surface area contributed by atoms with E-state index in [0.29, 0.717) is 6.61 Å². The summed E-state index contributed by atoms with van der Waals surface area (Å²) >= 11 is 1.83. The molecule has 0 unspecified atom stereocenters. The fourth-order valence-electron chi connectivity index (χ4n) is 0.962. The van der Waals surface area contributed by atoms with Crippen LogP contribution in [0.4, 0.5) is 0 Å². The summed E-state index contributed by atoms with van der Waals surface area (Å²) in [7, 11) is 0. The van der Waals surface area contributed by atoms with Gasteiger partial charge >= 0.3 is 0 Å². The molecule has 0 atom stereocenters. The first kappa shape index (κ1) is 13.0. The van der Waals surface area contributed by atoms with Gasteiger partial charge < -0.3 is 5.11 Å². The van der Waals surface area contributed by atoms with Crippen LogP contribution in [-0.2, 0) is 0 Å². The molecule has 0 aliphatic carbocycles. The van der Waals surface area contributed by atoms with Crippen LogP contribution >= 0.6 is 11.8 Å². The van der Waals surface area contributed by atoms with E-state index in [9.17, 15) is 0 Å². The molecule has 78 valence electrons. The number of aliphatic imine (C=N–C) groups is 1. The third-order valence-electron chi connectivity index (χ3n) is 1.61. The second-order valence-corrected chi connectivity index (χ2v) is 4.45. The molecule has 0 aromatic carbocycles. The summed E-state index contributed by atoms with van der Waals surface area (Å²) in [4.78, 5) is 4.33. The van der Waals surface area contributed by atoms with E-state index in [-0.39, 0.29) is 0 Å². The van der Waals surface area contributed by atoms with Gasteiger partial charge in [-0.3, -0.25) is 4.99 Å². The Balaban J connectivity index is 2.96. The van der Waals surface area contributed by atoms with Gasteiger partial charge in [0.15, 0.2) is 0 Å². The van der Waals surface area contributed by atoms with Gasteiger partial charge in [-0.15, -0.1) is 0 Å². The molecule has 0 fully saturated rings. The van der Waals surface area contributed by atoms with Crippen LogP contribution in [0.2, 0.25) is 0 Å². The molecule has 0 saturated carbocycles. The van der Waals surface area contributed by atoms with Gasteiger partial charge in [-0.05, 0) is 32.4 Å². The molecule has 13 heavy (non-hydrogen) atoms. The molecule has 1 N–H and O–H groups in total. The van der Waals surface area contributed by atoms with Gasteiger partial charge in [0.05, 0.1) is 6.61 Å². The molecule has 0 saturated heterocycles. The van der Waals surface area contributed by atoms with Crippen molar-refractivity contribution < 1.29 is 5.11 Å². The lowest BCUT2D eigenvalue weighted by molar-refractivity contribution is 0.322. The van der Waals surface area contributed by atoms with Crippen molar-refractivity contribution in [2.75, 3.05) is 24.7 Å². The van der Waals surface area contributed by atoms with Crippen molar-refractivity contribution in [1.29, 1.82) is 0 Å². The van der Waals surface area contributed by atoms with E-state index in [1.165, 1.54) is 30.7 Å². The SMILES string of the molecule is CC(C)=NCCCCCSCCO. The highest BCUT2D eigenvalue weighted by Gasteiger charge is 1.89. The van der Waals surface area contributed by atoms with Gasteiger partial charge in [0.1, 0.15) is 0 Å². The number of rotatable bonds is 8. The van der Waals surface area contributed by atoms with E-state index < -0.39 is 0 Å². The zero-order chi connectivity index (χ0) is 9.94. The number of thioether (sulfide) groups is 1. The summed E-state index contributed by atoms with van der Waals surface area (Å²) < 4.78 is 0. The Morgan fingerprint density at radius 2 is 1.92 bits per heavy atom. The average Bonchev–Trinajstić information content (AvgIpc) is 2.09. The van der Waals surface area contributed by atoms with Crippen molar-refractivity contribution in [1.82, 2.24) is 0 Å². The van der Waals surface area contributed by atoms with Gasteiger partial charge in [-0.2, -0.15) is 11.8 Å². The van der Waals surface area contributed by atoms with Crippen LogP contribution in [0.3, 0.4) is 0 Å². The number of aliphatic hydroxyl groups excluding tert-OH is 1. The monoisotopic (exact) mass is 203 g/mol. The minimum Gasteiger partial charge on any atom is -0.396 e. The molecular weight excluding hydrogens is 182 g/mol. The van der Waals surface area contributed by atoms with Gasteiger partial charge in [-0.25, -0.2) is 0 Å². The molecule has 0 spiro atoms. The topological polar surface area (TPSA) is 32.6 Å². The van der Waals surface area contributed by atoms with Gasteiger partial charge in [0.2, 0.25) is 0 Å². The summed E-state index contributed by atoms with van der Waals surface area (Å²) in [5.74, 6) is 2.06. The van der Waals surface area contributed by atoms with Crippen molar-refractivity contribution >= 4 is 17.5 Å². The van der Waals surface area contributed by atoms with Crippen LogP contribution in [0.15, 0.2) is 4.99 Å². The van der Waals surface area contributed by atoms with Gasteiger partial charge in [-0.1, -0.05) is 6.42 Å². The van der Waals surface area contributed by atoms with Crippen molar-refractivity contribution in [3.63, 3.8) is 0 Å². The molecule has 0 heterocycles. The number of nitrogens with zero attached hydrogens (tertiary/aromatic N) is 1. The summed E-state index contributed by atoms with van der Waals surface area (Å²) in [6, 6.07) is 0. The fraction of sp³-hybridized carbons (Fsp3) is 0.900. The highest BCUT2D eigenvalue weighted by molar-refractivity contribution is 7.99. The van der Waals surface area contributed by atoms with E-state index in [1.54, 1.807) is 0 Å². The molecule has 0 amide bonds. The second-order valence-electron chi connectivity index (χ2n) is 3.23. The maximum Gasteiger partial charge on any atom is 0.0521 e. The third kappa shape index (κ3) is 12.0. The molecule has 0 aliphatic heterocycles. The summed E-state index contributed by atoms with van der Waals surface area (Å²) in [5, 5.41) is 8.53. The Morgan fingerprint density at radius 1 is 1.15 bits per heavy atom. The molecule has 0 aliphatic rings. The van der Waals surface area contributed by atoms with Crippen molar-refractivity contribution in [2.24, 2.45) is 4.99 Å². The van der Waals surface area contributed by atoms with Crippen LogP contribution in [0.25, 0.3) is 0 Å². The van der Waals surface area contributed by atoms with Gasteiger partial charge in [0.25, 0.3) is 0 Å². The number of hydrogen-bond acceptors (Lipinski definition) is 3. The van der Waals surface area contributed by atoms with Crippen LogP contribution in [0.1, 0.15) is 33.1 Å². The van der Waals surface area contributed by atoms with Gasteiger partial charge in [0, 0.05) is 18.0 Å². The van der Waals surface area contributed by atoms with Crippen LogP contribution in [0, 0.1) is 0 Å². The average molecular weight is 203 g/mol. The van der Waals surface area contributed by atoms with E-state index in [1.807, 2.05) is 25.6 Å². The highest BCUT2D eigenvalue weighted by atomic mass is 32.2. The molecule has 0 radical (unpaired) electrons. The molecule has 2 nitrogen and oxygen atoms in total. The molecule has 0 aromatic rings. The molecule has 0 rings (SSSR count). The lowest BCUT2D eigenvalue weighted by atomic mass is 10.2. The Hall–Kier alpha value is -0.0200. The first-order valence-electron chi connectivity index (χ1n) is 4.93. The predicted molar refractivity (Wildman–Crippen MR) is 61.9 cm³/mol. The van der Waals surface area contributed by atoms with Crippen LogP contribution in [0.5, 0.6) is 0 Å². The first-order chi connectivity index (χ1) is 6.27. The van der Waals surface area contributed by atoms with Crippen molar-refractivity contribution in [3.8, 4) is 0 Å². The lowest BCUT2D eigenvalue weighted by Crippen LogP contribution is -1.90. The Labute approximate surface area is 85.8 Å². The molecule has 3 heteroatoms. The molecule has 0 aromatic heterocycles. The first-order valence-corrected chi connectivity index (χ1v) is 6.09. The fourth-order valence-corrected chi connectivity index (χ4v) is 1.70. The zero-order valence-corrected chi connectivity index (χ0v) is 9.57. The standard InChI is InChI=1S/C10H21NOS/c1-10(2)11-6-4-3-5-8-13-9-7-12/h12H,3-9H2,1-2H3. The molecular formula is C10H21NOS. The Kier molecular flexibility index (Phi) is 10.0. The largest absolute Gasteiger partial charge is 0.396 e. The Bertz CT molecular complexity index is 133. The summed E-state index contributed by atoms with van der Waals surface area (Å²) in [6.07, 6.45) is 3.71. The van der Waals surface area contributed by atoms with E-state index in [4.69, 9.17) is 5.11 Å². The number of unbranched alkanes of at least 4 members (excludes halogenated alkanes) is 2. The predicted octanol–water partition coefficient (Wildman–Crippen LogP) is 2.36. The Morgan fingerprint density at radius 3 is 2.54 bits per heavy atom. The van der Waals surface area contributed by atoms with E-state index in [2.05, 4.69) is 4.99 Å². The maximum absolute atomic E-state index is 8.53. The quantitative estimate of drug-likeness (QED) is 0.485.